The Hall–Kier alpha value is -0.220. The SMILES string of the molecule is CCNC(CSCC(C)CC)C(N)=O. The predicted octanol–water partition coefficient (Wildman–Crippen LogP) is 1.23. The molecule has 14 heavy (non-hydrogen) atoms. The number of amides is 1. The molecule has 0 aromatic rings. The summed E-state index contributed by atoms with van der Waals surface area (Å²) < 4.78 is 0. The maximum absolute atomic E-state index is 11.0. The van der Waals surface area contributed by atoms with E-state index in [1.807, 2.05) is 6.92 Å². The highest BCUT2D eigenvalue weighted by Gasteiger charge is 2.13. The van der Waals surface area contributed by atoms with Gasteiger partial charge in [-0.2, -0.15) is 11.8 Å². The average Bonchev–Trinajstić information content (AvgIpc) is 2.16. The van der Waals surface area contributed by atoms with Crippen molar-refractivity contribution in [2.75, 3.05) is 18.1 Å². The van der Waals surface area contributed by atoms with Crippen LogP contribution in [0.1, 0.15) is 27.2 Å². The van der Waals surface area contributed by atoms with Crippen LogP contribution >= 0.6 is 11.8 Å². The van der Waals surface area contributed by atoms with Crippen molar-refractivity contribution in [3.05, 3.63) is 0 Å². The lowest BCUT2D eigenvalue weighted by atomic mass is 10.2. The van der Waals surface area contributed by atoms with Crippen LogP contribution in [0.25, 0.3) is 0 Å². The highest BCUT2D eigenvalue weighted by Crippen LogP contribution is 2.12. The summed E-state index contributed by atoms with van der Waals surface area (Å²) in [5.74, 6) is 2.36. The van der Waals surface area contributed by atoms with Gasteiger partial charge in [-0.1, -0.05) is 27.2 Å². The van der Waals surface area contributed by atoms with E-state index in [-0.39, 0.29) is 11.9 Å². The van der Waals surface area contributed by atoms with Crippen LogP contribution in [0.4, 0.5) is 0 Å². The van der Waals surface area contributed by atoms with Crippen LogP contribution in [0.3, 0.4) is 0 Å². The van der Waals surface area contributed by atoms with Crippen molar-refractivity contribution in [3.8, 4) is 0 Å². The van der Waals surface area contributed by atoms with Crippen LogP contribution in [0.5, 0.6) is 0 Å². The van der Waals surface area contributed by atoms with Crippen molar-refractivity contribution in [1.82, 2.24) is 5.32 Å². The molecule has 3 nitrogen and oxygen atoms in total. The van der Waals surface area contributed by atoms with Gasteiger partial charge in [-0.05, 0) is 18.2 Å². The van der Waals surface area contributed by atoms with E-state index in [0.29, 0.717) is 0 Å². The fourth-order valence-electron chi connectivity index (χ4n) is 0.993. The van der Waals surface area contributed by atoms with Crippen LogP contribution in [-0.2, 0) is 4.79 Å². The lowest BCUT2D eigenvalue weighted by molar-refractivity contribution is -0.119. The van der Waals surface area contributed by atoms with Crippen LogP contribution < -0.4 is 11.1 Å². The molecule has 84 valence electrons. The zero-order valence-electron chi connectivity index (χ0n) is 9.38. The van der Waals surface area contributed by atoms with Crippen molar-refractivity contribution in [3.63, 3.8) is 0 Å². The number of nitrogens with two attached hydrogens (primary N) is 1. The zero-order chi connectivity index (χ0) is 11.0. The van der Waals surface area contributed by atoms with Crippen LogP contribution in [0.15, 0.2) is 0 Å². The molecule has 0 saturated carbocycles. The quantitative estimate of drug-likeness (QED) is 0.644. The van der Waals surface area contributed by atoms with E-state index in [2.05, 4.69) is 19.2 Å². The molecule has 0 rings (SSSR count). The Balaban J connectivity index is 3.66. The normalized spacial score (nSPS) is 15.1. The summed E-state index contributed by atoms with van der Waals surface area (Å²) in [5, 5.41) is 3.08. The standard InChI is InChI=1S/C10H22N2OS/c1-4-8(3)6-14-7-9(10(11)13)12-5-2/h8-9,12H,4-7H2,1-3H3,(H2,11,13). The molecule has 4 heteroatoms. The number of carbonyl (C=O) groups is 1. The second-order valence-corrected chi connectivity index (χ2v) is 4.64. The van der Waals surface area contributed by atoms with Crippen molar-refractivity contribution in [1.29, 1.82) is 0 Å². The Kier molecular flexibility index (Phi) is 7.99. The summed E-state index contributed by atoms with van der Waals surface area (Å²) in [6.45, 7) is 7.17. The number of nitrogens with one attached hydrogen (secondary N) is 1. The van der Waals surface area contributed by atoms with Crippen molar-refractivity contribution in [2.24, 2.45) is 11.7 Å². The van der Waals surface area contributed by atoms with E-state index in [4.69, 9.17) is 5.73 Å². The van der Waals surface area contributed by atoms with Gasteiger partial charge in [0.1, 0.15) is 0 Å². The Bertz CT molecular complexity index is 164. The minimum atomic E-state index is -0.247. The molecule has 0 aromatic carbocycles. The number of hydrogen-bond acceptors (Lipinski definition) is 3. The third kappa shape index (κ3) is 6.27. The molecule has 0 heterocycles. The molecule has 2 unspecified atom stereocenters. The van der Waals surface area contributed by atoms with Gasteiger partial charge in [0, 0.05) is 5.75 Å². The zero-order valence-corrected chi connectivity index (χ0v) is 10.2. The third-order valence-electron chi connectivity index (χ3n) is 2.18. The van der Waals surface area contributed by atoms with Gasteiger partial charge < -0.3 is 11.1 Å². The highest BCUT2D eigenvalue weighted by atomic mass is 32.2. The minimum absolute atomic E-state index is 0.172. The number of hydrogen-bond donors (Lipinski definition) is 2. The number of primary amides is 1. The summed E-state index contributed by atoms with van der Waals surface area (Å²) in [6.07, 6.45) is 1.19. The fourth-order valence-corrected chi connectivity index (χ4v) is 2.28. The van der Waals surface area contributed by atoms with Gasteiger partial charge in [0.15, 0.2) is 0 Å². The molecule has 2 atom stereocenters. The molecule has 0 aliphatic rings. The molecular weight excluding hydrogens is 196 g/mol. The molecule has 0 saturated heterocycles. The second-order valence-electron chi connectivity index (χ2n) is 3.56. The lowest BCUT2D eigenvalue weighted by Gasteiger charge is -2.14. The Morgan fingerprint density at radius 1 is 1.43 bits per heavy atom. The Labute approximate surface area is 91.2 Å². The molecular formula is C10H22N2OS. The first-order valence-corrected chi connectivity index (χ1v) is 6.37. The first-order valence-electron chi connectivity index (χ1n) is 5.22. The van der Waals surface area contributed by atoms with Crippen LogP contribution in [0, 0.1) is 5.92 Å². The van der Waals surface area contributed by atoms with E-state index < -0.39 is 0 Å². The molecule has 3 N–H and O–H groups in total. The summed E-state index contributed by atoms with van der Waals surface area (Å²) in [7, 11) is 0. The first-order chi connectivity index (χ1) is 6.61. The number of thioether (sulfide) groups is 1. The predicted molar refractivity (Wildman–Crippen MR) is 63.4 cm³/mol. The molecule has 0 aromatic heterocycles. The Morgan fingerprint density at radius 2 is 2.07 bits per heavy atom. The second kappa shape index (κ2) is 8.12. The molecule has 0 aliphatic carbocycles. The molecule has 0 radical (unpaired) electrons. The highest BCUT2D eigenvalue weighted by molar-refractivity contribution is 7.99. The largest absolute Gasteiger partial charge is 0.368 e. The first kappa shape index (κ1) is 13.8. The topological polar surface area (TPSA) is 55.1 Å². The summed E-state index contributed by atoms with van der Waals surface area (Å²) in [6, 6.07) is -0.172. The monoisotopic (exact) mass is 218 g/mol. The lowest BCUT2D eigenvalue weighted by Crippen LogP contribution is -2.43. The van der Waals surface area contributed by atoms with Gasteiger partial charge in [-0.15, -0.1) is 0 Å². The van der Waals surface area contributed by atoms with Crippen molar-refractivity contribution >= 4 is 17.7 Å². The van der Waals surface area contributed by atoms with E-state index >= 15 is 0 Å². The summed E-state index contributed by atoms with van der Waals surface area (Å²) >= 11 is 1.80. The average molecular weight is 218 g/mol. The molecule has 1 amide bonds. The van der Waals surface area contributed by atoms with Crippen molar-refractivity contribution in [2.45, 2.75) is 33.2 Å². The van der Waals surface area contributed by atoms with E-state index in [9.17, 15) is 4.79 Å². The van der Waals surface area contributed by atoms with E-state index in [0.717, 1.165) is 24.0 Å². The van der Waals surface area contributed by atoms with Gasteiger partial charge >= 0.3 is 0 Å². The van der Waals surface area contributed by atoms with E-state index in [1.165, 1.54) is 6.42 Å². The maximum atomic E-state index is 11.0. The van der Waals surface area contributed by atoms with Crippen molar-refractivity contribution < 1.29 is 4.79 Å². The molecule has 0 spiro atoms. The smallest absolute Gasteiger partial charge is 0.235 e. The van der Waals surface area contributed by atoms with Gasteiger partial charge in [0.2, 0.25) is 5.91 Å². The number of rotatable bonds is 8. The van der Waals surface area contributed by atoms with Crippen LogP contribution in [-0.4, -0.2) is 30.0 Å². The molecule has 0 fully saturated rings. The molecule has 0 aliphatic heterocycles. The van der Waals surface area contributed by atoms with Crippen LogP contribution in [0.2, 0.25) is 0 Å². The van der Waals surface area contributed by atoms with Gasteiger partial charge in [0.05, 0.1) is 6.04 Å². The number of likely N-dealkylation sites (N-methyl/N-ethyl adjacent to an activating group) is 1. The molecule has 0 bridgehead atoms. The van der Waals surface area contributed by atoms with Gasteiger partial charge in [0.25, 0.3) is 0 Å². The summed E-state index contributed by atoms with van der Waals surface area (Å²) in [5.41, 5.74) is 5.26. The third-order valence-corrected chi connectivity index (χ3v) is 3.55. The maximum Gasteiger partial charge on any atom is 0.235 e. The Morgan fingerprint density at radius 3 is 2.50 bits per heavy atom. The van der Waals surface area contributed by atoms with Gasteiger partial charge in [-0.25, -0.2) is 0 Å². The van der Waals surface area contributed by atoms with E-state index in [1.54, 1.807) is 11.8 Å². The number of carbonyl (C=O) groups excluding carboxylic acids is 1. The van der Waals surface area contributed by atoms with Gasteiger partial charge in [-0.3, -0.25) is 4.79 Å². The fraction of sp³-hybridized carbons (Fsp3) is 0.900. The summed E-state index contributed by atoms with van der Waals surface area (Å²) in [4.78, 5) is 11.0. The minimum Gasteiger partial charge on any atom is -0.368 e.